The van der Waals surface area contributed by atoms with Crippen LogP contribution < -0.4 is 10.6 Å². The third kappa shape index (κ3) is 9.02. The van der Waals surface area contributed by atoms with E-state index in [4.69, 9.17) is 18.9 Å². The van der Waals surface area contributed by atoms with E-state index in [0.717, 1.165) is 89.9 Å². The Morgan fingerprint density at radius 1 is 1.14 bits per heavy atom. The number of hydrogen-bond acceptors (Lipinski definition) is 5. The fourth-order valence-electron chi connectivity index (χ4n) is 3.21. The maximum atomic E-state index is 5.84. The highest BCUT2D eigenvalue weighted by Gasteiger charge is 2.13. The molecule has 0 amide bonds. The summed E-state index contributed by atoms with van der Waals surface area (Å²) in [7, 11) is 0. The Morgan fingerprint density at radius 3 is 2.76 bits per heavy atom. The Labute approximate surface area is 177 Å². The van der Waals surface area contributed by atoms with Gasteiger partial charge in [-0.05, 0) is 55.2 Å². The van der Waals surface area contributed by atoms with Gasteiger partial charge in [0, 0.05) is 57.4 Å². The Balaban J connectivity index is 1.33. The van der Waals surface area contributed by atoms with Gasteiger partial charge in [0.1, 0.15) is 5.76 Å². The van der Waals surface area contributed by atoms with E-state index >= 15 is 0 Å². The van der Waals surface area contributed by atoms with Crippen LogP contribution in [0, 0.1) is 5.92 Å². The number of nitrogens with one attached hydrogen (secondary N) is 2. The molecule has 3 rings (SSSR count). The summed E-state index contributed by atoms with van der Waals surface area (Å²) in [5.74, 6) is 2.50. The smallest absolute Gasteiger partial charge is 0.191 e. The minimum absolute atomic E-state index is 0.657. The van der Waals surface area contributed by atoms with Crippen LogP contribution in [0.4, 0.5) is 0 Å². The van der Waals surface area contributed by atoms with Crippen molar-refractivity contribution >= 4 is 17.3 Å². The zero-order valence-electron chi connectivity index (χ0n) is 17.1. The molecule has 0 radical (unpaired) electrons. The van der Waals surface area contributed by atoms with Crippen LogP contribution in [0.3, 0.4) is 0 Å². The fourth-order valence-corrected chi connectivity index (χ4v) is 3.92. The van der Waals surface area contributed by atoms with Crippen LogP contribution in [0.2, 0.25) is 0 Å². The van der Waals surface area contributed by atoms with Crippen molar-refractivity contribution in [3.63, 3.8) is 0 Å². The van der Waals surface area contributed by atoms with E-state index in [-0.39, 0.29) is 0 Å². The molecule has 0 unspecified atom stereocenters. The second-order valence-corrected chi connectivity index (χ2v) is 8.26. The van der Waals surface area contributed by atoms with Crippen LogP contribution in [0.5, 0.6) is 0 Å². The summed E-state index contributed by atoms with van der Waals surface area (Å²) in [6.45, 7) is 5.77. The zero-order valence-corrected chi connectivity index (χ0v) is 17.9. The molecule has 1 aliphatic rings. The number of aliphatic imine (C=N–C) groups is 1. The summed E-state index contributed by atoms with van der Waals surface area (Å²) in [6.07, 6.45) is 6.73. The van der Waals surface area contributed by atoms with E-state index in [2.05, 4.69) is 28.1 Å². The molecule has 6 nitrogen and oxygen atoms in total. The average molecular weight is 420 g/mol. The van der Waals surface area contributed by atoms with Gasteiger partial charge >= 0.3 is 0 Å². The molecule has 0 bridgehead atoms. The summed E-state index contributed by atoms with van der Waals surface area (Å²) in [6, 6.07) is 8.18. The van der Waals surface area contributed by atoms with Crippen LogP contribution >= 0.6 is 11.3 Å². The molecule has 1 saturated heterocycles. The predicted molar refractivity (Wildman–Crippen MR) is 118 cm³/mol. The van der Waals surface area contributed by atoms with Gasteiger partial charge in [-0.1, -0.05) is 6.07 Å². The third-order valence-electron chi connectivity index (χ3n) is 4.90. The van der Waals surface area contributed by atoms with Crippen molar-refractivity contribution in [2.45, 2.75) is 32.1 Å². The fraction of sp³-hybridized carbons (Fsp3) is 0.591. The topological polar surface area (TPSA) is 68.0 Å². The van der Waals surface area contributed by atoms with Crippen molar-refractivity contribution in [2.75, 3.05) is 46.1 Å². The van der Waals surface area contributed by atoms with E-state index in [1.165, 1.54) is 4.88 Å². The number of hydrogen-bond donors (Lipinski definition) is 2. The molecule has 7 heteroatoms. The maximum absolute atomic E-state index is 5.84. The van der Waals surface area contributed by atoms with Gasteiger partial charge in [0.25, 0.3) is 0 Å². The van der Waals surface area contributed by atoms with Gasteiger partial charge in [0.2, 0.25) is 0 Å². The first kappa shape index (κ1) is 21.9. The second kappa shape index (κ2) is 13.4. The van der Waals surface area contributed by atoms with E-state index in [0.29, 0.717) is 5.92 Å². The molecule has 3 heterocycles. The summed E-state index contributed by atoms with van der Waals surface area (Å²) < 4.78 is 16.6. The first-order chi connectivity index (χ1) is 14.4. The van der Waals surface area contributed by atoms with Crippen LogP contribution in [0.1, 0.15) is 29.9 Å². The van der Waals surface area contributed by atoms with Crippen molar-refractivity contribution in [3.05, 3.63) is 46.5 Å². The lowest BCUT2D eigenvalue weighted by atomic mass is 10.0. The molecule has 1 aliphatic heterocycles. The molecule has 0 spiro atoms. The largest absolute Gasteiger partial charge is 0.469 e. The lowest BCUT2D eigenvalue weighted by Crippen LogP contribution is -2.39. The Hall–Kier alpha value is -1.83. The first-order valence-electron chi connectivity index (χ1n) is 10.6. The SMILES string of the molecule is c1coc(CCNC(=NCCCOCC2CCOCC2)NCCc2cccs2)c1. The van der Waals surface area contributed by atoms with Gasteiger partial charge in [-0.15, -0.1) is 11.3 Å². The lowest BCUT2D eigenvalue weighted by molar-refractivity contribution is 0.0205. The molecular weight excluding hydrogens is 386 g/mol. The van der Waals surface area contributed by atoms with Crippen LogP contribution in [-0.2, 0) is 22.3 Å². The molecule has 1 fully saturated rings. The maximum Gasteiger partial charge on any atom is 0.191 e. The van der Waals surface area contributed by atoms with Gasteiger partial charge in [-0.3, -0.25) is 4.99 Å². The van der Waals surface area contributed by atoms with Crippen molar-refractivity contribution in [1.29, 1.82) is 0 Å². The molecule has 2 N–H and O–H groups in total. The number of furan rings is 1. The highest BCUT2D eigenvalue weighted by Crippen LogP contribution is 2.14. The molecule has 0 aliphatic carbocycles. The summed E-state index contributed by atoms with van der Waals surface area (Å²) in [5, 5.41) is 8.97. The van der Waals surface area contributed by atoms with Gasteiger partial charge in [0.15, 0.2) is 5.96 Å². The van der Waals surface area contributed by atoms with Crippen molar-refractivity contribution < 1.29 is 13.9 Å². The molecule has 2 aromatic rings. The van der Waals surface area contributed by atoms with Crippen molar-refractivity contribution in [2.24, 2.45) is 10.9 Å². The highest BCUT2D eigenvalue weighted by atomic mass is 32.1. The lowest BCUT2D eigenvalue weighted by Gasteiger charge is -2.21. The predicted octanol–water partition coefficient (Wildman–Crippen LogP) is 3.49. The molecule has 2 aromatic heterocycles. The molecule has 0 saturated carbocycles. The van der Waals surface area contributed by atoms with Crippen LogP contribution in [0.15, 0.2) is 45.3 Å². The first-order valence-corrected chi connectivity index (χ1v) is 11.5. The van der Waals surface area contributed by atoms with E-state index in [1.54, 1.807) is 17.6 Å². The Kier molecular flexibility index (Phi) is 10.1. The second-order valence-electron chi connectivity index (χ2n) is 7.23. The summed E-state index contributed by atoms with van der Waals surface area (Å²) in [5.41, 5.74) is 0. The molecular formula is C22H33N3O3S. The van der Waals surface area contributed by atoms with Gasteiger partial charge in [-0.25, -0.2) is 0 Å². The van der Waals surface area contributed by atoms with E-state index in [1.807, 2.05) is 12.1 Å². The molecule has 0 atom stereocenters. The van der Waals surface area contributed by atoms with Crippen molar-refractivity contribution in [3.8, 4) is 0 Å². The zero-order chi connectivity index (χ0) is 20.0. The minimum atomic E-state index is 0.657. The number of thiophene rings is 1. The minimum Gasteiger partial charge on any atom is -0.469 e. The normalized spacial score (nSPS) is 15.5. The number of rotatable bonds is 12. The average Bonchev–Trinajstić information content (AvgIpc) is 3.45. The molecule has 160 valence electrons. The Morgan fingerprint density at radius 2 is 2.00 bits per heavy atom. The number of guanidine groups is 1. The van der Waals surface area contributed by atoms with Gasteiger partial charge < -0.3 is 24.5 Å². The van der Waals surface area contributed by atoms with Gasteiger partial charge in [0.05, 0.1) is 6.26 Å². The quantitative estimate of drug-likeness (QED) is 0.313. The summed E-state index contributed by atoms with van der Waals surface area (Å²) >= 11 is 1.79. The standard InChI is InChI=1S/C22H33N3O3S/c1-4-20(28-14-1)6-11-24-22(25-12-7-21-5-2-17-29-21)23-10-3-13-27-18-19-8-15-26-16-9-19/h1-2,4-5,14,17,19H,3,6-13,15-16,18H2,(H2,23,24,25). The number of ether oxygens (including phenoxy) is 2. The van der Waals surface area contributed by atoms with E-state index < -0.39 is 0 Å². The molecule has 0 aromatic carbocycles. The molecule has 29 heavy (non-hydrogen) atoms. The number of nitrogens with zero attached hydrogens (tertiary/aromatic N) is 1. The van der Waals surface area contributed by atoms with Crippen LogP contribution in [0.25, 0.3) is 0 Å². The van der Waals surface area contributed by atoms with Crippen LogP contribution in [-0.4, -0.2) is 52.0 Å². The third-order valence-corrected chi connectivity index (χ3v) is 5.84. The van der Waals surface area contributed by atoms with Gasteiger partial charge in [-0.2, -0.15) is 0 Å². The highest BCUT2D eigenvalue weighted by molar-refractivity contribution is 7.09. The summed E-state index contributed by atoms with van der Waals surface area (Å²) in [4.78, 5) is 6.10. The monoisotopic (exact) mass is 419 g/mol. The van der Waals surface area contributed by atoms with E-state index in [9.17, 15) is 0 Å². The van der Waals surface area contributed by atoms with Crippen molar-refractivity contribution in [1.82, 2.24) is 10.6 Å². The Bertz CT molecular complexity index is 625.